The molecule has 0 unspecified atom stereocenters. The van der Waals surface area contributed by atoms with Crippen LogP contribution in [0, 0.1) is 0 Å². The van der Waals surface area contributed by atoms with Gasteiger partial charge in [-0.1, -0.05) is 30.0 Å². The van der Waals surface area contributed by atoms with Crippen LogP contribution in [-0.4, -0.2) is 36.0 Å². The Hall–Kier alpha value is -2.36. The maximum absolute atomic E-state index is 12.0. The number of carbonyl (C=O) groups is 1. The predicted octanol–water partition coefficient (Wildman–Crippen LogP) is 1.43. The van der Waals surface area contributed by atoms with Crippen molar-refractivity contribution in [2.75, 3.05) is 12.3 Å². The highest BCUT2D eigenvalue weighted by molar-refractivity contribution is 7.99. The summed E-state index contributed by atoms with van der Waals surface area (Å²) in [6.07, 6.45) is 4.28. The van der Waals surface area contributed by atoms with Crippen molar-refractivity contribution < 1.29 is 13.2 Å². The smallest absolute Gasteiger partial charge is 0.238 e. The van der Waals surface area contributed by atoms with Gasteiger partial charge in [-0.05, 0) is 36.2 Å². The van der Waals surface area contributed by atoms with E-state index >= 15 is 0 Å². The van der Waals surface area contributed by atoms with Crippen molar-refractivity contribution in [3.8, 4) is 0 Å². The Morgan fingerprint density at radius 2 is 1.96 bits per heavy atom. The van der Waals surface area contributed by atoms with E-state index in [9.17, 15) is 13.2 Å². The molecule has 0 fully saturated rings. The van der Waals surface area contributed by atoms with Crippen molar-refractivity contribution in [3.63, 3.8) is 0 Å². The number of rotatable bonds is 7. The third kappa shape index (κ3) is 4.63. The molecule has 9 heteroatoms. The summed E-state index contributed by atoms with van der Waals surface area (Å²) < 4.78 is 24.4. The van der Waals surface area contributed by atoms with E-state index in [1.807, 2.05) is 28.8 Å². The van der Waals surface area contributed by atoms with E-state index in [4.69, 9.17) is 5.14 Å². The summed E-state index contributed by atoms with van der Waals surface area (Å²) in [5.41, 5.74) is 1.91. The maximum atomic E-state index is 12.0. The van der Waals surface area contributed by atoms with E-state index in [2.05, 4.69) is 10.3 Å². The van der Waals surface area contributed by atoms with E-state index in [-0.39, 0.29) is 16.6 Å². The zero-order valence-corrected chi connectivity index (χ0v) is 15.5. The molecule has 2 aromatic heterocycles. The lowest BCUT2D eigenvalue weighted by Crippen LogP contribution is -2.27. The van der Waals surface area contributed by atoms with Crippen molar-refractivity contribution in [1.82, 2.24) is 14.7 Å². The molecule has 7 nitrogen and oxygen atoms in total. The number of benzene rings is 1. The topological polar surface area (TPSA) is 107 Å². The second kappa shape index (κ2) is 7.90. The van der Waals surface area contributed by atoms with Crippen LogP contribution in [0.5, 0.6) is 0 Å². The van der Waals surface area contributed by atoms with Gasteiger partial charge in [0.2, 0.25) is 15.9 Å². The standard InChI is InChI=1S/C17H18N4O3S2/c18-26(23,24)15-6-4-13(5-7-15)8-9-19-16(22)12-25-17-20-11-14-3-1-2-10-21(14)17/h1-7,10-11H,8-9,12H2,(H,19,22)(H2,18,23,24). The molecule has 3 rings (SSSR count). The Balaban J connectivity index is 1.46. The third-order valence-corrected chi connectivity index (χ3v) is 5.62. The first-order valence-electron chi connectivity index (χ1n) is 7.87. The van der Waals surface area contributed by atoms with Gasteiger partial charge in [-0.2, -0.15) is 0 Å². The van der Waals surface area contributed by atoms with Crippen molar-refractivity contribution in [3.05, 3.63) is 60.4 Å². The summed E-state index contributed by atoms with van der Waals surface area (Å²) in [7, 11) is -3.68. The lowest BCUT2D eigenvalue weighted by molar-refractivity contribution is -0.118. The monoisotopic (exact) mass is 390 g/mol. The average Bonchev–Trinajstić information content (AvgIpc) is 3.03. The lowest BCUT2D eigenvalue weighted by Gasteiger charge is -2.06. The van der Waals surface area contributed by atoms with Gasteiger partial charge in [-0.25, -0.2) is 18.5 Å². The summed E-state index contributed by atoms with van der Waals surface area (Å²) >= 11 is 1.37. The number of hydrogen-bond acceptors (Lipinski definition) is 5. The molecule has 136 valence electrons. The van der Waals surface area contributed by atoms with E-state index in [0.717, 1.165) is 16.2 Å². The van der Waals surface area contributed by atoms with E-state index in [1.54, 1.807) is 18.3 Å². The van der Waals surface area contributed by atoms with Crippen molar-refractivity contribution in [2.45, 2.75) is 16.5 Å². The van der Waals surface area contributed by atoms with Gasteiger partial charge >= 0.3 is 0 Å². The number of pyridine rings is 1. The summed E-state index contributed by atoms with van der Waals surface area (Å²) in [6.45, 7) is 0.469. The Morgan fingerprint density at radius 3 is 2.69 bits per heavy atom. The minimum atomic E-state index is -3.68. The number of sulfonamides is 1. The van der Waals surface area contributed by atoms with Crippen LogP contribution >= 0.6 is 11.8 Å². The van der Waals surface area contributed by atoms with Gasteiger partial charge in [0.05, 0.1) is 22.4 Å². The summed E-state index contributed by atoms with van der Waals surface area (Å²) in [5.74, 6) is 0.196. The SMILES string of the molecule is NS(=O)(=O)c1ccc(CCNC(=O)CSc2ncc3ccccn23)cc1. The van der Waals surface area contributed by atoms with Crippen LogP contribution in [-0.2, 0) is 21.2 Å². The molecule has 0 saturated carbocycles. The molecule has 3 aromatic rings. The minimum Gasteiger partial charge on any atom is -0.355 e. The number of aromatic nitrogens is 2. The van der Waals surface area contributed by atoms with Crippen LogP contribution in [0.4, 0.5) is 0 Å². The molecule has 1 amide bonds. The number of carbonyl (C=O) groups excluding carboxylic acids is 1. The van der Waals surface area contributed by atoms with Crippen molar-refractivity contribution in [1.29, 1.82) is 0 Å². The molecule has 0 aliphatic heterocycles. The summed E-state index contributed by atoms with van der Waals surface area (Å²) in [5, 5.41) is 8.68. The molecular weight excluding hydrogens is 372 g/mol. The lowest BCUT2D eigenvalue weighted by atomic mass is 10.1. The number of hydrogen-bond donors (Lipinski definition) is 2. The fourth-order valence-electron chi connectivity index (χ4n) is 2.40. The zero-order chi connectivity index (χ0) is 18.6. The van der Waals surface area contributed by atoms with Crippen molar-refractivity contribution in [2.24, 2.45) is 5.14 Å². The van der Waals surface area contributed by atoms with E-state index in [0.29, 0.717) is 13.0 Å². The highest BCUT2D eigenvalue weighted by atomic mass is 32.2. The Morgan fingerprint density at radius 1 is 1.19 bits per heavy atom. The summed E-state index contributed by atoms with van der Waals surface area (Å²) in [6, 6.07) is 12.1. The quantitative estimate of drug-likeness (QED) is 0.594. The third-order valence-electron chi connectivity index (χ3n) is 3.72. The van der Waals surface area contributed by atoms with Crippen LogP contribution in [0.3, 0.4) is 0 Å². The van der Waals surface area contributed by atoms with Gasteiger partial charge in [-0.3, -0.25) is 9.20 Å². The van der Waals surface area contributed by atoms with E-state index in [1.165, 1.54) is 23.9 Å². The number of primary sulfonamides is 1. The number of imidazole rings is 1. The molecule has 0 spiro atoms. The predicted molar refractivity (Wildman–Crippen MR) is 100 cm³/mol. The largest absolute Gasteiger partial charge is 0.355 e. The molecule has 0 saturated heterocycles. The van der Waals surface area contributed by atoms with Crippen LogP contribution in [0.15, 0.2) is 64.9 Å². The van der Waals surface area contributed by atoms with Crippen LogP contribution in [0.25, 0.3) is 5.52 Å². The Kier molecular flexibility index (Phi) is 5.60. The molecule has 2 heterocycles. The number of nitrogens with zero attached hydrogens (tertiary/aromatic N) is 2. The molecule has 0 atom stereocenters. The zero-order valence-electron chi connectivity index (χ0n) is 13.8. The number of fused-ring (bicyclic) bond motifs is 1. The second-order valence-corrected chi connectivity index (χ2v) is 8.12. The Labute approximate surface area is 155 Å². The number of amides is 1. The fourth-order valence-corrected chi connectivity index (χ4v) is 3.71. The highest BCUT2D eigenvalue weighted by Crippen LogP contribution is 2.17. The molecule has 0 aliphatic carbocycles. The van der Waals surface area contributed by atoms with Gasteiger partial charge in [0.15, 0.2) is 5.16 Å². The highest BCUT2D eigenvalue weighted by Gasteiger charge is 2.08. The molecule has 0 bridgehead atoms. The number of thioether (sulfide) groups is 1. The fraction of sp³-hybridized carbons (Fsp3) is 0.176. The molecule has 1 aromatic carbocycles. The average molecular weight is 390 g/mol. The molecule has 3 N–H and O–H groups in total. The first-order chi connectivity index (χ1) is 12.4. The first-order valence-corrected chi connectivity index (χ1v) is 10.4. The van der Waals surface area contributed by atoms with Gasteiger partial charge in [-0.15, -0.1) is 0 Å². The van der Waals surface area contributed by atoms with Gasteiger partial charge in [0, 0.05) is 12.7 Å². The van der Waals surface area contributed by atoms with Crippen molar-refractivity contribution >= 4 is 33.2 Å². The second-order valence-electron chi connectivity index (χ2n) is 5.61. The first kappa shape index (κ1) is 18.4. The van der Waals surface area contributed by atoms with Gasteiger partial charge in [0.1, 0.15) is 0 Å². The van der Waals surface area contributed by atoms with Crippen LogP contribution < -0.4 is 10.5 Å². The molecule has 0 aliphatic rings. The molecule has 0 radical (unpaired) electrons. The molecular formula is C17H18N4O3S2. The normalized spacial score (nSPS) is 11.6. The maximum Gasteiger partial charge on any atom is 0.238 e. The molecule has 26 heavy (non-hydrogen) atoms. The Bertz CT molecular complexity index is 1010. The summed E-state index contributed by atoms with van der Waals surface area (Å²) in [4.78, 5) is 16.4. The van der Waals surface area contributed by atoms with Crippen LogP contribution in [0.1, 0.15) is 5.56 Å². The number of nitrogens with one attached hydrogen (secondary N) is 1. The minimum absolute atomic E-state index is 0.0774. The van der Waals surface area contributed by atoms with Gasteiger partial charge < -0.3 is 5.32 Å². The van der Waals surface area contributed by atoms with Gasteiger partial charge in [0.25, 0.3) is 0 Å². The van der Waals surface area contributed by atoms with Crippen LogP contribution in [0.2, 0.25) is 0 Å². The van der Waals surface area contributed by atoms with E-state index < -0.39 is 10.0 Å². The number of nitrogens with two attached hydrogens (primary N) is 1.